The Morgan fingerprint density at radius 2 is 1.65 bits per heavy atom. The Balaban J connectivity index is 1.92. The molecule has 0 spiro atoms. The lowest BCUT2D eigenvalue weighted by Crippen LogP contribution is -2.50. The Morgan fingerprint density at radius 3 is 2.20 bits per heavy atom. The summed E-state index contributed by atoms with van der Waals surface area (Å²) in [6.45, 7) is 4.22. The van der Waals surface area contributed by atoms with E-state index in [-0.39, 0.29) is 12.0 Å². The summed E-state index contributed by atoms with van der Waals surface area (Å²) in [5.74, 6) is -0.0122. The molecule has 1 aromatic carbocycles. The standard InChI is InChI=1S/C14H18N2O3S/c1-2-19-14(18)16-9-7-15(8-10-16)13(17)11-3-5-12(20)6-4-11/h3-6,20H,2,7-10H2,1H3. The third kappa shape index (κ3) is 3.45. The van der Waals surface area contributed by atoms with Crippen molar-refractivity contribution in [3.8, 4) is 0 Å². The van der Waals surface area contributed by atoms with Gasteiger partial charge in [-0.1, -0.05) is 0 Å². The van der Waals surface area contributed by atoms with Crippen molar-refractivity contribution in [2.45, 2.75) is 11.8 Å². The van der Waals surface area contributed by atoms with E-state index >= 15 is 0 Å². The van der Waals surface area contributed by atoms with E-state index in [1.54, 1.807) is 41.0 Å². The quantitative estimate of drug-likeness (QED) is 0.847. The summed E-state index contributed by atoms with van der Waals surface area (Å²) in [4.78, 5) is 28.1. The van der Waals surface area contributed by atoms with Gasteiger partial charge in [-0.2, -0.15) is 0 Å². The summed E-state index contributed by atoms with van der Waals surface area (Å²) in [7, 11) is 0. The molecular weight excluding hydrogens is 276 g/mol. The van der Waals surface area contributed by atoms with E-state index in [2.05, 4.69) is 12.6 Å². The normalized spacial score (nSPS) is 15.1. The Labute approximate surface area is 123 Å². The average Bonchev–Trinajstić information content (AvgIpc) is 2.48. The van der Waals surface area contributed by atoms with Crippen LogP contribution in [-0.4, -0.2) is 54.6 Å². The van der Waals surface area contributed by atoms with Gasteiger partial charge in [0.25, 0.3) is 5.91 Å². The maximum Gasteiger partial charge on any atom is 0.409 e. The van der Waals surface area contributed by atoms with E-state index in [1.807, 2.05) is 0 Å². The van der Waals surface area contributed by atoms with Crippen LogP contribution in [0.15, 0.2) is 29.2 Å². The van der Waals surface area contributed by atoms with Crippen LogP contribution < -0.4 is 0 Å². The third-order valence-electron chi connectivity index (χ3n) is 3.21. The summed E-state index contributed by atoms with van der Waals surface area (Å²) in [5.41, 5.74) is 0.646. The monoisotopic (exact) mass is 294 g/mol. The lowest BCUT2D eigenvalue weighted by atomic mass is 10.2. The largest absolute Gasteiger partial charge is 0.450 e. The Morgan fingerprint density at radius 1 is 1.10 bits per heavy atom. The molecule has 6 heteroatoms. The molecule has 2 amide bonds. The number of hydrogen-bond donors (Lipinski definition) is 1. The van der Waals surface area contributed by atoms with Crippen molar-refractivity contribution in [3.05, 3.63) is 29.8 Å². The highest BCUT2D eigenvalue weighted by Gasteiger charge is 2.25. The van der Waals surface area contributed by atoms with Crippen LogP contribution in [0.25, 0.3) is 0 Å². The van der Waals surface area contributed by atoms with Crippen molar-refractivity contribution in [1.82, 2.24) is 9.80 Å². The second-order valence-electron chi connectivity index (χ2n) is 4.53. The Hall–Kier alpha value is -1.69. The van der Waals surface area contributed by atoms with Crippen LogP contribution in [0.4, 0.5) is 4.79 Å². The topological polar surface area (TPSA) is 49.9 Å². The zero-order valence-corrected chi connectivity index (χ0v) is 12.3. The number of ether oxygens (including phenoxy) is 1. The van der Waals surface area contributed by atoms with Gasteiger partial charge in [0.1, 0.15) is 0 Å². The molecule has 1 aromatic rings. The predicted octanol–water partition coefficient (Wildman–Crippen LogP) is 1.89. The van der Waals surface area contributed by atoms with Crippen molar-refractivity contribution >= 4 is 24.6 Å². The number of carbonyl (C=O) groups excluding carboxylic acids is 2. The zero-order chi connectivity index (χ0) is 14.5. The molecule has 1 aliphatic rings. The van der Waals surface area contributed by atoms with Crippen molar-refractivity contribution in [1.29, 1.82) is 0 Å². The lowest BCUT2D eigenvalue weighted by Gasteiger charge is -2.34. The molecule has 2 rings (SSSR count). The minimum atomic E-state index is -0.306. The second kappa shape index (κ2) is 6.65. The van der Waals surface area contributed by atoms with Crippen LogP contribution >= 0.6 is 12.6 Å². The van der Waals surface area contributed by atoms with Gasteiger partial charge in [-0.15, -0.1) is 12.6 Å². The highest BCUT2D eigenvalue weighted by Crippen LogP contribution is 2.12. The van der Waals surface area contributed by atoms with Crippen LogP contribution in [0.1, 0.15) is 17.3 Å². The van der Waals surface area contributed by atoms with Crippen molar-refractivity contribution in [3.63, 3.8) is 0 Å². The number of rotatable bonds is 2. The molecule has 1 aliphatic heterocycles. The number of piperazine rings is 1. The predicted molar refractivity (Wildman–Crippen MR) is 78.2 cm³/mol. The van der Waals surface area contributed by atoms with Gasteiger partial charge in [0.2, 0.25) is 0 Å². The summed E-state index contributed by atoms with van der Waals surface area (Å²) in [6, 6.07) is 7.13. The lowest BCUT2D eigenvalue weighted by molar-refractivity contribution is 0.0570. The van der Waals surface area contributed by atoms with Crippen LogP contribution in [-0.2, 0) is 4.74 Å². The number of carbonyl (C=O) groups is 2. The van der Waals surface area contributed by atoms with Gasteiger partial charge >= 0.3 is 6.09 Å². The summed E-state index contributed by atoms with van der Waals surface area (Å²) in [5, 5.41) is 0. The van der Waals surface area contributed by atoms with Gasteiger partial charge in [-0.25, -0.2) is 4.79 Å². The van der Waals surface area contributed by atoms with E-state index in [4.69, 9.17) is 4.74 Å². The van der Waals surface area contributed by atoms with Gasteiger partial charge in [-0.3, -0.25) is 4.79 Å². The van der Waals surface area contributed by atoms with E-state index in [1.165, 1.54) is 0 Å². The molecule has 108 valence electrons. The molecule has 0 aromatic heterocycles. The van der Waals surface area contributed by atoms with Crippen molar-refractivity contribution in [2.24, 2.45) is 0 Å². The van der Waals surface area contributed by atoms with E-state index < -0.39 is 0 Å². The minimum absolute atomic E-state index is 0.0122. The van der Waals surface area contributed by atoms with Crippen LogP contribution in [0.2, 0.25) is 0 Å². The highest BCUT2D eigenvalue weighted by molar-refractivity contribution is 7.80. The summed E-state index contributed by atoms with van der Waals surface area (Å²) < 4.78 is 4.95. The fourth-order valence-electron chi connectivity index (χ4n) is 2.09. The van der Waals surface area contributed by atoms with Crippen molar-refractivity contribution in [2.75, 3.05) is 32.8 Å². The van der Waals surface area contributed by atoms with Crippen LogP contribution in [0, 0.1) is 0 Å². The number of amides is 2. The first-order valence-corrected chi connectivity index (χ1v) is 7.06. The van der Waals surface area contributed by atoms with E-state index in [9.17, 15) is 9.59 Å². The molecular formula is C14H18N2O3S. The molecule has 0 aliphatic carbocycles. The van der Waals surface area contributed by atoms with Crippen LogP contribution in [0.5, 0.6) is 0 Å². The van der Waals surface area contributed by atoms with Crippen LogP contribution in [0.3, 0.4) is 0 Å². The van der Waals surface area contributed by atoms with Gasteiger partial charge in [0, 0.05) is 36.6 Å². The number of benzene rings is 1. The van der Waals surface area contributed by atoms with E-state index in [0.29, 0.717) is 38.3 Å². The molecule has 1 heterocycles. The molecule has 0 radical (unpaired) electrons. The van der Waals surface area contributed by atoms with Gasteiger partial charge < -0.3 is 14.5 Å². The smallest absolute Gasteiger partial charge is 0.409 e. The third-order valence-corrected chi connectivity index (χ3v) is 3.51. The zero-order valence-electron chi connectivity index (χ0n) is 11.4. The maximum atomic E-state index is 12.3. The highest BCUT2D eigenvalue weighted by atomic mass is 32.1. The average molecular weight is 294 g/mol. The molecule has 0 unspecified atom stereocenters. The fourth-order valence-corrected chi connectivity index (χ4v) is 2.24. The van der Waals surface area contributed by atoms with Crippen molar-refractivity contribution < 1.29 is 14.3 Å². The first kappa shape index (κ1) is 14.7. The van der Waals surface area contributed by atoms with Gasteiger partial charge in [0.05, 0.1) is 6.61 Å². The summed E-state index contributed by atoms with van der Waals surface area (Å²) >= 11 is 4.20. The van der Waals surface area contributed by atoms with Gasteiger partial charge in [-0.05, 0) is 31.2 Å². The molecule has 5 nitrogen and oxygen atoms in total. The molecule has 0 atom stereocenters. The molecule has 1 fully saturated rings. The molecule has 0 N–H and O–H groups in total. The maximum absolute atomic E-state index is 12.3. The number of nitrogens with zero attached hydrogens (tertiary/aromatic N) is 2. The first-order chi connectivity index (χ1) is 9.61. The molecule has 20 heavy (non-hydrogen) atoms. The molecule has 0 saturated carbocycles. The molecule has 0 bridgehead atoms. The number of thiol groups is 1. The minimum Gasteiger partial charge on any atom is -0.450 e. The van der Waals surface area contributed by atoms with E-state index in [0.717, 1.165) is 4.90 Å². The molecule has 1 saturated heterocycles. The van der Waals surface area contributed by atoms with Gasteiger partial charge in [0.15, 0.2) is 0 Å². The first-order valence-electron chi connectivity index (χ1n) is 6.62. The Bertz CT molecular complexity index is 482. The Kier molecular flexibility index (Phi) is 4.89. The fraction of sp³-hybridized carbons (Fsp3) is 0.429. The number of hydrogen-bond acceptors (Lipinski definition) is 4. The SMILES string of the molecule is CCOC(=O)N1CCN(C(=O)c2ccc(S)cc2)CC1. The summed E-state index contributed by atoms with van der Waals surface area (Å²) in [6.07, 6.45) is -0.306. The second-order valence-corrected chi connectivity index (χ2v) is 5.04.